The van der Waals surface area contributed by atoms with Crippen molar-refractivity contribution < 1.29 is 27.5 Å². The van der Waals surface area contributed by atoms with Gasteiger partial charge in [0.2, 0.25) is 11.8 Å². The molecule has 0 saturated heterocycles. The number of hydrogen-bond acceptors (Lipinski definition) is 7. The number of nitrogens with zero attached hydrogens (tertiary/aromatic N) is 3. The number of amides is 2. The van der Waals surface area contributed by atoms with E-state index in [4.69, 9.17) is 16.2 Å². The fraction of sp³-hybridized carbons (Fsp3) is 0.190. The van der Waals surface area contributed by atoms with Crippen LogP contribution in [0.5, 0.6) is 5.75 Å². The molecule has 174 valence electrons. The van der Waals surface area contributed by atoms with Gasteiger partial charge in [0.15, 0.2) is 5.82 Å². The zero-order chi connectivity index (χ0) is 24.8. The van der Waals surface area contributed by atoms with E-state index >= 15 is 0 Å². The van der Waals surface area contributed by atoms with Crippen molar-refractivity contribution in [1.29, 1.82) is 0 Å². The number of aromatic nitrogens is 2. The van der Waals surface area contributed by atoms with Gasteiger partial charge in [-0.3, -0.25) is 9.59 Å². The first-order valence-corrected chi connectivity index (χ1v) is 9.41. The van der Waals surface area contributed by atoms with Gasteiger partial charge in [0.1, 0.15) is 29.0 Å². The van der Waals surface area contributed by atoms with Crippen LogP contribution < -0.4 is 21.5 Å². The molecule has 12 heteroatoms. The minimum absolute atomic E-state index is 0.102. The van der Waals surface area contributed by atoms with Crippen LogP contribution in [-0.2, 0) is 4.79 Å². The molecule has 1 atom stereocenters. The molecule has 5 N–H and O–H groups in total. The molecule has 0 unspecified atom stereocenters. The number of benzene rings is 1. The molecule has 0 radical (unpaired) electrons. The molecule has 0 spiro atoms. The van der Waals surface area contributed by atoms with Crippen LogP contribution in [-0.4, -0.2) is 39.9 Å². The molecule has 1 aromatic carbocycles. The highest BCUT2D eigenvalue weighted by atomic mass is 19.4. The number of rotatable bonds is 8. The molecule has 1 heterocycles. The van der Waals surface area contributed by atoms with Gasteiger partial charge in [0.25, 0.3) is 5.91 Å². The van der Waals surface area contributed by atoms with Gasteiger partial charge in [-0.05, 0) is 44.2 Å². The third-order valence-corrected chi connectivity index (χ3v) is 3.99. The highest BCUT2D eigenvalue weighted by Gasteiger charge is 2.32. The Labute approximate surface area is 187 Å². The average molecular weight is 462 g/mol. The van der Waals surface area contributed by atoms with Crippen LogP contribution in [0.1, 0.15) is 24.3 Å². The van der Waals surface area contributed by atoms with Crippen molar-refractivity contribution in [2.75, 3.05) is 5.32 Å². The third-order valence-electron chi connectivity index (χ3n) is 3.99. The first-order valence-electron chi connectivity index (χ1n) is 9.41. The molecule has 2 amide bonds. The Morgan fingerprint density at radius 1 is 1.21 bits per heavy atom. The first-order chi connectivity index (χ1) is 15.4. The van der Waals surface area contributed by atoms with Crippen molar-refractivity contribution >= 4 is 23.5 Å². The van der Waals surface area contributed by atoms with Crippen LogP contribution in [0.4, 0.5) is 19.0 Å². The van der Waals surface area contributed by atoms with Crippen LogP contribution in [0, 0.1) is 0 Å². The van der Waals surface area contributed by atoms with Crippen LogP contribution in [0.3, 0.4) is 0 Å². The number of halogens is 3. The lowest BCUT2D eigenvalue weighted by Gasteiger charge is -2.13. The van der Waals surface area contributed by atoms with Gasteiger partial charge < -0.3 is 21.5 Å². The Hall–Kier alpha value is -4.22. The van der Waals surface area contributed by atoms with Gasteiger partial charge in [0.05, 0.1) is 0 Å². The SMILES string of the molecule is C=C(N=C(/C=C\C)Oc1ccc(-c2nc(N[C@@H](C)C(N)=O)cc(C(N)=O)n2)cc1)C(F)(F)F. The number of hydrogen-bond donors (Lipinski definition) is 3. The van der Waals surface area contributed by atoms with E-state index in [0.29, 0.717) is 5.56 Å². The molecule has 2 aromatic rings. The topological polar surface area (TPSA) is 146 Å². The number of ether oxygens (including phenoxy) is 1. The molecule has 1 aromatic heterocycles. The summed E-state index contributed by atoms with van der Waals surface area (Å²) in [7, 11) is 0. The predicted octanol–water partition coefficient (Wildman–Crippen LogP) is 2.96. The monoisotopic (exact) mass is 462 g/mol. The van der Waals surface area contributed by atoms with E-state index in [1.807, 2.05) is 0 Å². The van der Waals surface area contributed by atoms with Gasteiger partial charge in [-0.1, -0.05) is 12.7 Å². The van der Waals surface area contributed by atoms with Crippen molar-refractivity contribution in [3.63, 3.8) is 0 Å². The molecule has 0 aliphatic heterocycles. The molecule has 0 saturated carbocycles. The molecule has 0 aliphatic carbocycles. The number of primary amides is 2. The maximum atomic E-state index is 12.7. The lowest BCUT2D eigenvalue weighted by Crippen LogP contribution is -2.33. The molecule has 2 rings (SSSR count). The first kappa shape index (κ1) is 25.0. The van der Waals surface area contributed by atoms with Crippen molar-refractivity contribution in [2.45, 2.75) is 26.1 Å². The van der Waals surface area contributed by atoms with Crippen LogP contribution in [0.15, 0.2) is 59.8 Å². The summed E-state index contributed by atoms with van der Waals surface area (Å²) in [4.78, 5) is 34.6. The fourth-order valence-corrected chi connectivity index (χ4v) is 2.30. The summed E-state index contributed by atoms with van der Waals surface area (Å²) in [6.07, 6.45) is -1.98. The van der Waals surface area contributed by atoms with Crippen molar-refractivity contribution in [3.8, 4) is 17.1 Å². The Kier molecular flexibility index (Phi) is 7.89. The Bertz CT molecular complexity index is 1110. The second-order valence-electron chi connectivity index (χ2n) is 6.62. The molecule has 9 nitrogen and oxygen atoms in total. The highest BCUT2D eigenvalue weighted by Crippen LogP contribution is 2.26. The van der Waals surface area contributed by atoms with Crippen LogP contribution >= 0.6 is 0 Å². The fourth-order valence-electron chi connectivity index (χ4n) is 2.30. The largest absolute Gasteiger partial charge is 0.439 e. The van der Waals surface area contributed by atoms with Gasteiger partial charge in [-0.2, -0.15) is 13.2 Å². The number of carbonyl (C=O) groups excluding carboxylic acids is 2. The second-order valence-corrected chi connectivity index (χ2v) is 6.62. The van der Waals surface area contributed by atoms with Crippen molar-refractivity contribution in [3.05, 3.63) is 60.5 Å². The van der Waals surface area contributed by atoms with E-state index in [2.05, 4.69) is 26.9 Å². The standard InChI is InChI=1S/C21H21F3N6O3/c1-4-5-17(28-12(3)21(22,23)24)33-14-8-6-13(7-9-14)20-29-15(19(26)32)10-16(30-20)27-11(2)18(25)31/h4-11H,3H2,1-2H3,(H2,25,31)(H2,26,32)(H,27,29,30)/b5-4-,28-17?/t11-/m0/s1. The van der Waals surface area contributed by atoms with Crippen LogP contribution in [0.2, 0.25) is 0 Å². The second kappa shape index (κ2) is 10.4. The third kappa shape index (κ3) is 7.16. The Balaban J connectivity index is 2.34. The van der Waals surface area contributed by atoms with E-state index in [9.17, 15) is 22.8 Å². The zero-order valence-corrected chi connectivity index (χ0v) is 17.7. The summed E-state index contributed by atoms with van der Waals surface area (Å²) in [5.41, 5.74) is 9.57. The maximum Gasteiger partial charge on any atom is 0.432 e. The van der Waals surface area contributed by atoms with E-state index in [1.165, 1.54) is 49.4 Å². The molecular formula is C21H21F3N6O3. The summed E-state index contributed by atoms with van der Waals surface area (Å²) in [5, 5.41) is 2.75. The average Bonchev–Trinajstić information content (AvgIpc) is 2.73. The van der Waals surface area contributed by atoms with E-state index in [-0.39, 0.29) is 29.0 Å². The maximum absolute atomic E-state index is 12.7. The number of alkyl halides is 3. The number of carbonyl (C=O) groups is 2. The van der Waals surface area contributed by atoms with Gasteiger partial charge in [-0.15, -0.1) is 0 Å². The molecular weight excluding hydrogens is 441 g/mol. The Morgan fingerprint density at radius 2 is 1.85 bits per heavy atom. The molecule has 0 aliphatic rings. The lowest BCUT2D eigenvalue weighted by atomic mass is 10.2. The number of anilines is 1. The summed E-state index contributed by atoms with van der Waals surface area (Å²) >= 11 is 0. The number of nitrogens with two attached hydrogens (primary N) is 2. The molecule has 0 fully saturated rings. The highest BCUT2D eigenvalue weighted by molar-refractivity contribution is 5.92. The minimum Gasteiger partial charge on any atom is -0.439 e. The van der Waals surface area contributed by atoms with E-state index in [0.717, 1.165) is 0 Å². The minimum atomic E-state index is -4.69. The lowest BCUT2D eigenvalue weighted by molar-refractivity contribution is -0.118. The van der Waals surface area contributed by atoms with E-state index < -0.39 is 29.7 Å². The summed E-state index contributed by atoms with van der Waals surface area (Å²) in [6.45, 7) is 5.99. The molecule has 33 heavy (non-hydrogen) atoms. The summed E-state index contributed by atoms with van der Waals surface area (Å²) in [5.74, 6) is -1.34. The Morgan fingerprint density at radius 3 is 2.36 bits per heavy atom. The number of allylic oxidation sites excluding steroid dienone is 2. The van der Waals surface area contributed by atoms with Crippen LogP contribution in [0.25, 0.3) is 11.4 Å². The van der Waals surface area contributed by atoms with Gasteiger partial charge in [0, 0.05) is 11.6 Å². The smallest absolute Gasteiger partial charge is 0.432 e. The van der Waals surface area contributed by atoms with Crippen molar-refractivity contribution in [2.24, 2.45) is 16.5 Å². The number of aliphatic imine (C=N–C) groups is 1. The molecule has 0 bridgehead atoms. The predicted molar refractivity (Wildman–Crippen MR) is 116 cm³/mol. The van der Waals surface area contributed by atoms with Gasteiger partial charge in [-0.25, -0.2) is 15.0 Å². The quantitative estimate of drug-likeness (QED) is 0.406. The van der Waals surface area contributed by atoms with Crippen molar-refractivity contribution in [1.82, 2.24) is 9.97 Å². The summed E-state index contributed by atoms with van der Waals surface area (Å²) in [6, 6.07) is 6.43. The van der Waals surface area contributed by atoms with Gasteiger partial charge >= 0.3 is 6.18 Å². The van der Waals surface area contributed by atoms with E-state index in [1.54, 1.807) is 6.92 Å². The summed E-state index contributed by atoms with van der Waals surface area (Å²) < 4.78 is 43.5. The zero-order valence-electron chi connectivity index (χ0n) is 17.7. The number of nitrogens with one attached hydrogen (secondary N) is 1. The normalized spacial score (nSPS) is 12.9.